The Morgan fingerprint density at radius 3 is 1.60 bits per heavy atom. The number of anilines is 3. The van der Waals surface area contributed by atoms with Crippen molar-refractivity contribution in [3.05, 3.63) is 200 Å². The monoisotopic (exact) mass is 677 g/mol. The van der Waals surface area contributed by atoms with Gasteiger partial charge in [0.1, 0.15) is 11.2 Å². The number of hydrogen-bond donors (Lipinski definition) is 0. The van der Waals surface area contributed by atoms with Gasteiger partial charge in [-0.25, -0.2) is 0 Å². The van der Waals surface area contributed by atoms with Gasteiger partial charge in [0, 0.05) is 33.4 Å². The largest absolute Gasteiger partial charge is 0.455 e. The number of benzene rings is 9. The number of nitrogens with zero attached hydrogens (tertiary/aromatic N) is 1. The molecule has 9 aromatic carbocycles. The summed E-state index contributed by atoms with van der Waals surface area (Å²) in [4.78, 5) is 2.34. The van der Waals surface area contributed by atoms with Gasteiger partial charge < -0.3 is 9.32 Å². The highest BCUT2D eigenvalue weighted by atomic mass is 16.3. The highest BCUT2D eigenvalue weighted by molar-refractivity contribution is 6.14. The lowest BCUT2D eigenvalue weighted by Gasteiger charge is -2.26. The van der Waals surface area contributed by atoms with Crippen LogP contribution in [0.15, 0.2) is 199 Å². The highest BCUT2D eigenvalue weighted by Crippen LogP contribution is 2.41. The van der Waals surface area contributed by atoms with E-state index in [-0.39, 0.29) is 0 Å². The van der Waals surface area contributed by atoms with Crippen molar-refractivity contribution < 1.29 is 4.42 Å². The predicted octanol–water partition coefficient (Wildman–Crippen LogP) is 14.7. The Balaban J connectivity index is 1.07. The van der Waals surface area contributed by atoms with Gasteiger partial charge in [0.2, 0.25) is 0 Å². The van der Waals surface area contributed by atoms with Gasteiger partial charge in [0.15, 0.2) is 0 Å². The molecule has 0 N–H and O–H groups in total. The van der Waals surface area contributed by atoms with Crippen molar-refractivity contribution in [1.82, 2.24) is 0 Å². The Morgan fingerprint density at radius 1 is 0.358 bits per heavy atom. The fourth-order valence-corrected chi connectivity index (χ4v) is 7.89. The maximum atomic E-state index is 6.47. The standard InChI is InChI=1S/C51H35NO/c1-34-18-31-47-48-17-9-16-44(51(48)53-50(47)32-34)37-21-27-41(28-22-37)52(40-25-19-36(20-26-40)35-10-3-2-4-11-35)42-29-23-38(24-30-42)49-33-39-12-5-6-13-43(39)45-14-7-8-15-46(45)49/h2-33H,1H3. The van der Waals surface area contributed by atoms with Crippen molar-refractivity contribution in [2.75, 3.05) is 4.90 Å². The summed E-state index contributed by atoms with van der Waals surface area (Å²) in [5, 5.41) is 7.36. The number of rotatable bonds is 6. The first kappa shape index (κ1) is 30.9. The summed E-state index contributed by atoms with van der Waals surface area (Å²) in [6.45, 7) is 2.10. The van der Waals surface area contributed by atoms with Crippen LogP contribution in [0.5, 0.6) is 0 Å². The van der Waals surface area contributed by atoms with E-state index in [1.807, 2.05) is 0 Å². The van der Waals surface area contributed by atoms with Gasteiger partial charge in [-0.2, -0.15) is 0 Å². The first-order chi connectivity index (χ1) is 26.2. The molecule has 0 bridgehead atoms. The second kappa shape index (κ2) is 12.7. The Labute approximate surface area is 308 Å². The van der Waals surface area contributed by atoms with Crippen LogP contribution in [-0.2, 0) is 0 Å². The zero-order valence-electron chi connectivity index (χ0n) is 29.3. The van der Waals surface area contributed by atoms with Crippen LogP contribution >= 0.6 is 0 Å². The van der Waals surface area contributed by atoms with Gasteiger partial charge in [0.05, 0.1) is 0 Å². The van der Waals surface area contributed by atoms with Crippen LogP contribution in [-0.4, -0.2) is 0 Å². The fourth-order valence-electron chi connectivity index (χ4n) is 7.89. The second-order valence-electron chi connectivity index (χ2n) is 13.8. The summed E-state index contributed by atoms with van der Waals surface area (Å²) in [6.07, 6.45) is 0. The molecular formula is C51H35NO. The van der Waals surface area contributed by atoms with E-state index >= 15 is 0 Å². The number of furan rings is 1. The van der Waals surface area contributed by atoms with Gasteiger partial charge in [-0.05, 0) is 110 Å². The lowest BCUT2D eigenvalue weighted by atomic mass is 9.93. The van der Waals surface area contributed by atoms with Gasteiger partial charge in [-0.3, -0.25) is 0 Å². The summed E-state index contributed by atoms with van der Waals surface area (Å²) >= 11 is 0. The number of fused-ring (bicyclic) bond motifs is 6. The summed E-state index contributed by atoms with van der Waals surface area (Å²) < 4.78 is 6.47. The molecule has 0 aliphatic rings. The zero-order valence-corrected chi connectivity index (χ0v) is 29.3. The lowest BCUT2D eigenvalue weighted by molar-refractivity contribution is 0.669. The highest BCUT2D eigenvalue weighted by Gasteiger charge is 2.17. The smallest absolute Gasteiger partial charge is 0.143 e. The van der Waals surface area contributed by atoms with Crippen molar-refractivity contribution in [1.29, 1.82) is 0 Å². The normalized spacial score (nSPS) is 11.5. The molecule has 0 atom stereocenters. The summed E-state index contributed by atoms with van der Waals surface area (Å²) in [5.41, 5.74) is 13.3. The number of hydrogen-bond acceptors (Lipinski definition) is 2. The molecule has 0 aliphatic heterocycles. The maximum absolute atomic E-state index is 6.47. The molecule has 0 amide bonds. The van der Waals surface area contributed by atoms with Crippen LogP contribution in [0.4, 0.5) is 17.1 Å². The van der Waals surface area contributed by atoms with Crippen molar-refractivity contribution >= 4 is 60.5 Å². The van der Waals surface area contributed by atoms with Crippen LogP contribution < -0.4 is 4.90 Å². The van der Waals surface area contributed by atoms with Gasteiger partial charge >= 0.3 is 0 Å². The molecule has 0 fully saturated rings. The van der Waals surface area contributed by atoms with E-state index in [0.29, 0.717) is 0 Å². The first-order valence-electron chi connectivity index (χ1n) is 18.2. The SMILES string of the molecule is Cc1ccc2c(c1)oc1c(-c3ccc(N(c4ccc(-c5ccccc5)cc4)c4ccc(-c5cc6ccccc6c6ccccc56)cc4)cc3)cccc12. The molecule has 10 rings (SSSR count). The fraction of sp³-hybridized carbons (Fsp3) is 0.0196. The summed E-state index contributed by atoms with van der Waals surface area (Å²) in [6, 6.07) is 69.9. The molecule has 1 aromatic heterocycles. The molecule has 0 saturated heterocycles. The van der Waals surface area contributed by atoms with E-state index in [0.717, 1.165) is 50.1 Å². The maximum Gasteiger partial charge on any atom is 0.143 e. The third-order valence-electron chi connectivity index (χ3n) is 10.5. The van der Waals surface area contributed by atoms with E-state index in [9.17, 15) is 0 Å². The predicted molar refractivity (Wildman–Crippen MR) is 224 cm³/mol. The quantitative estimate of drug-likeness (QED) is 0.163. The van der Waals surface area contributed by atoms with Crippen molar-refractivity contribution in [2.45, 2.75) is 6.92 Å². The minimum Gasteiger partial charge on any atom is -0.455 e. The summed E-state index contributed by atoms with van der Waals surface area (Å²) in [5.74, 6) is 0. The molecule has 250 valence electrons. The van der Waals surface area contributed by atoms with E-state index in [1.54, 1.807) is 0 Å². The second-order valence-corrected chi connectivity index (χ2v) is 13.8. The Kier molecular flexibility index (Phi) is 7.40. The van der Waals surface area contributed by atoms with Crippen LogP contribution in [0.1, 0.15) is 5.56 Å². The minimum atomic E-state index is 0.922. The Bertz CT molecular complexity index is 2920. The number of para-hydroxylation sites is 1. The van der Waals surface area contributed by atoms with Crippen molar-refractivity contribution in [2.24, 2.45) is 0 Å². The molecule has 10 aromatic rings. The van der Waals surface area contributed by atoms with Gasteiger partial charge in [-0.15, -0.1) is 0 Å². The first-order valence-corrected chi connectivity index (χ1v) is 18.2. The molecule has 0 aliphatic carbocycles. The van der Waals surface area contributed by atoms with Gasteiger partial charge in [-0.1, -0.05) is 146 Å². The third kappa shape index (κ3) is 5.44. The number of aryl methyl sites for hydroxylation is 1. The lowest BCUT2D eigenvalue weighted by Crippen LogP contribution is -2.09. The van der Waals surface area contributed by atoms with E-state index in [1.165, 1.54) is 49.4 Å². The minimum absolute atomic E-state index is 0.922. The summed E-state index contributed by atoms with van der Waals surface area (Å²) in [7, 11) is 0. The molecule has 0 unspecified atom stereocenters. The van der Waals surface area contributed by atoms with E-state index < -0.39 is 0 Å². The average Bonchev–Trinajstić information content (AvgIpc) is 3.60. The van der Waals surface area contributed by atoms with E-state index in [2.05, 4.69) is 206 Å². The molecule has 2 heteroatoms. The van der Waals surface area contributed by atoms with Gasteiger partial charge in [0.25, 0.3) is 0 Å². The Hall–Kier alpha value is -6.90. The van der Waals surface area contributed by atoms with Crippen LogP contribution in [0.25, 0.3) is 76.9 Å². The van der Waals surface area contributed by atoms with Crippen LogP contribution in [0.2, 0.25) is 0 Å². The van der Waals surface area contributed by atoms with E-state index in [4.69, 9.17) is 4.42 Å². The molecule has 2 nitrogen and oxygen atoms in total. The molecule has 53 heavy (non-hydrogen) atoms. The van der Waals surface area contributed by atoms with Crippen LogP contribution in [0, 0.1) is 6.92 Å². The Morgan fingerprint density at radius 2 is 0.906 bits per heavy atom. The average molecular weight is 678 g/mol. The molecule has 0 spiro atoms. The van der Waals surface area contributed by atoms with Crippen molar-refractivity contribution in [3.63, 3.8) is 0 Å². The van der Waals surface area contributed by atoms with Crippen LogP contribution in [0.3, 0.4) is 0 Å². The molecular weight excluding hydrogens is 643 g/mol. The zero-order chi connectivity index (χ0) is 35.3. The van der Waals surface area contributed by atoms with Crippen molar-refractivity contribution in [3.8, 4) is 33.4 Å². The topological polar surface area (TPSA) is 16.4 Å². The molecule has 0 saturated carbocycles. The molecule has 1 heterocycles. The third-order valence-corrected chi connectivity index (χ3v) is 10.5. The molecule has 0 radical (unpaired) electrons.